The maximum atomic E-state index is 14.0. The summed E-state index contributed by atoms with van der Waals surface area (Å²) in [5.41, 5.74) is 1.94. The molecule has 0 fully saturated rings. The van der Waals surface area contributed by atoms with Crippen molar-refractivity contribution in [1.29, 1.82) is 0 Å². The molecule has 3 N–H and O–H groups in total. The van der Waals surface area contributed by atoms with Crippen LogP contribution in [0.15, 0.2) is 53.7 Å². The molecule has 8 heteroatoms. The van der Waals surface area contributed by atoms with Gasteiger partial charge >= 0.3 is 0 Å². The number of hydrogen-bond donors (Lipinski definition) is 3. The van der Waals surface area contributed by atoms with E-state index in [1.807, 2.05) is 6.07 Å². The summed E-state index contributed by atoms with van der Waals surface area (Å²) in [6, 6.07) is 11.7. The lowest BCUT2D eigenvalue weighted by Crippen LogP contribution is -2.05. The van der Waals surface area contributed by atoms with Crippen LogP contribution < -0.4 is 15.4 Å². The fourth-order valence-corrected chi connectivity index (χ4v) is 2.44. The second-order valence-corrected chi connectivity index (χ2v) is 5.50. The Morgan fingerprint density at radius 2 is 1.96 bits per heavy atom. The molecule has 26 heavy (non-hydrogen) atoms. The van der Waals surface area contributed by atoms with E-state index in [1.165, 1.54) is 12.1 Å². The van der Waals surface area contributed by atoms with E-state index in [0.29, 0.717) is 23.7 Å². The summed E-state index contributed by atoms with van der Waals surface area (Å²) in [6.07, 6.45) is 2.76. The van der Waals surface area contributed by atoms with E-state index in [1.54, 1.807) is 30.5 Å². The molecule has 0 saturated heterocycles. The topological polar surface area (TPSA) is 91.7 Å². The number of aromatic hydroxyl groups is 1. The predicted octanol–water partition coefficient (Wildman–Crippen LogP) is 3.90. The molecular weight excluding hydrogens is 337 g/mol. The Balaban J connectivity index is 1.57. The highest BCUT2D eigenvalue weighted by atomic mass is 19.1. The lowest BCUT2D eigenvalue weighted by molar-refractivity contribution is 0.377. The van der Waals surface area contributed by atoms with Crippen LogP contribution in [0.1, 0.15) is 0 Å². The third kappa shape index (κ3) is 3.39. The van der Waals surface area contributed by atoms with Crippen LogP contribution in [0, 0.1) is 5.82 Å². The van der Waals surface area contributed by atoms with Crippen molar-refractivity contribution in [3.8, 4) is 11.5 Å². The molecule has 0 unspecified atom stereocenters. The van der Waals surface area contributed by atoms with Crippen LogP contribution in [0.5, 0.6) is 11.5 Å². The summed E-state index contributed by atoms with van der Waals surface area (Å²) in [5.74, 6) is 0.319. The smallest absolute Gasteiger partial charge is 0.229 e. The Morgan fingerprint density at radius 3 is 2.85 bits per heavy atom. The number of aliphatic imine (C=N–C) groups is 1. The van der Waals surface area contributed by atoms with Gasteiger partial charge < -0.3 is 20.5 Å². The molecule has 3 aromatic rings. The van der Waals surface area contributed by atoms with Gasteiger partial charge in [-0.25, -0.2) is 9.37 Å². The molecule has 0 bridgehead atoms. The fraction of sp³-hybridized carbons (Fsp3) is 0.0556. The number of fused-ring (bicyclic) bond motifs is 1. The molecule has 1 aliphatic heterocycles. The first-order valence-corrected chi connectivity index (χ1v) is 7.82. The van der Waals surface area contributed by atoms with Crippen molar-refractivity contribution in [2.45, 2.75) is 0 Å². The number of aromatic nitrogens is 2. The minimum Gasteiger partial charge on any atom is -0.508 e. The van der Waals surface area contributed by atoms with Crippen molar-refractivity contribution in [1.82, 2.24) is 9.97 Å². The quantitative estimate of drug-likeness (QED) is 0.660. The van der Waals surface area contributed by atoms with Crippen LogP contribution in [0.2, 0.25) is 0 Å². The number of hydrogen-bond acceptors (Lipinski definition) is 7. The van der Waals surface area contributed by atoms with Gasteiger partial charge in [0, 0.05) is 29.7 Å². The van der Waals surface area contributed by atoms with Gasteiger partial charge in [-0.2, -0.15) is 4.98 Å². The van der Waals surface area contributed by atoms with Crippen molar-refractivity contribution in [2.75, 3.05) is 17.2 Å². The van der Waals surface area contributed by atoms with Crippen LogP contribution in [-0.2, 0) is 0 Å². The molecule has 1 aromatic heterocycles. The molecule has 0 radical (unpaired) electrons. The summed E-state index contributed by atoms with van der Waals surface area (Å²) in [5, 5.41) is 15.3. The predicted molar refractivity (Wildman–Crippen MR) is 96.8 cm³/mol. The Kier molecular flexibility index (Phi) is 4.06. The third-order valence-electron chi connectivity index (χ3n) is 3.61. The van der Waals surface area contributed by atoms with Crippen molar-refractivity contribution in [2.24, 2.45) is 4.99 Å². The second-order valence-electron chi connectivity index (χ2n) is 5.50. The zero-order valence-corrected chi connectivity index (χ0v) is 13.5. The van der Waals surface area contributed by atoms with Gasteiger partial charge in [0.25, 0.3) is 0 Å². The number of ether oxygens (including phenoxy) is 1. The van der Waals surface area contributed by atoms with E-state index in [2.05, 4.69) is 25.6 Å². The van der Waals surface area contributed by atoms with Gasteiger partial charge in [-0.05, 0) is 24.3 Å². The summed E-state index contributed by atoms with van der Waals surface area (Å²) in [6.45, 7) is 0.418. The Labute approximate surface area is 148 Å². The molecule has 2 aromatic carbocycles. The molecule has 4 rings (SSSR count). The number of halogens is 1. The van der Waals surface area contributed by atoms with Crippen molar-refractivity contribution in [3.63, 3.8) is 0 Å². The number of nitrogens with one attached hydrogen (secondary N) is 2. The minimum absolute atomic E-state index is 0.00749. The van der Waals surface area contributed by atoms with Gasteiger partial charge in [-0.1, -0.05) is 6.07 Å². The van der Waals surface area contributed by atoms with Gasteiger partial charge in [-0.3, -0.25) is 4.99 Å². The van der Waals surface area contributed by atoms with E-state index in [4.69, 9.17) is 4.74 Å². The first-order valence-electron chi connectivity index (χ1n) is 7.82. The minimum atomic E-state index is -0.609. The van der Waals surface area contributed by atoms with Crippen molar-refractivity contribution < 1.29 is 14.2 Å². The lowest BCUT2D eigenvalue weighted by atomic mass is 10.2. The second kappa shape index (κ2) is 6.67. The first-order chi connectivity index (χ1) is 12.7. The Bertz CT molecular complexity index is 993. The molecule has 0 atom stereocenters. The molecule has 1 aliphatic rings. The van der Waals surface area contributed by atoms with E-state index >= 15 is 0 Å². The standard InChI is InChI=1S/C18H14FN5O2/c19-14-10-21-18(24-17(14)22-11-2-1-3-13(25)8-11)23-12-4-5-15-16(9-12)26-7-6-20-15/h1-6,8-10,25H,7H2,(H2,21,22,23,24). The van der Waals surface area contributed by atoms with E-state index < -0.39 is 5.82 Å². The maximum absolute atomic E-state index is 14.0. The number of phenolic OH excluding ortho intramolecular Hbond substituents is 1. The number of anilines is 4. The lowest BCUT2D eigenvalue weighted by Gasteiger charge is -2.14. The summed E-state index contributed by atoms with van der Waals surface area (Å²) in [4.78, 5) is 12.3. The summed E-state index contributed by atoms with van der Waals surface area (Å²) < 4.78 is 19.5. The van der Waals surface area contributed by atoms with Crippen LogP contribution in [0.25, 0.3) is 0 Å². The first kappa shape index (κ1) is 15.8. The highest BCUT2D eigenvalue weighted by molar-refractivity contribution is 5.73. The number of nitrogens with zero attached hydrogens (tertiary/aromatic N) is 3. The highest BCUT2D eigenvalue weighted by Gasteiger charge is 2.11. The zero-order valence-electron chi connectivity index (χ0n) is 13.5. The Hall–Kier alpha value is -3.68. The van der Waals surface area contributed by atoms with Gasteiger partial charge in [-0.15, -0.1) is 0 Å². The number of rotatable bonds is 4. The molecule has 7 nitrogen and oxygen atoms in total. The van der Waals surface area contributed by atoms with E-state index in [9.17, 15) is 9.50 Å². The number of benzene rings is 2. The van der Waals surface area contributed by atoms with E-state index in [0.717, 1.165) is 11.9 Å². The largest absolute Gasteiger partial charge is 0.508 e. The van der Waals surface area contributed by atoms with Crippen LogP contribution in [-0.4, -0.2) is 27.9 Å². The van der Waals surface area contributed by atoms with E-state index in [-0.39, 0.29) is 17.5 Å². The molecule has 2 heterocycles. The SMILES string of the molecule is Oc1cccc(Nc2nc(Nc3ccc4c(c3)OCC=N4)ncc2F)c1. The van der Waals surface area contributed by atoms with Crippen LogP contribution in [0.3, 0.4) is 0 Å². The molecule has 0 spiro atoms. The Morgan fingerprint density at radius 1 is 1.08 bits per heavy atom. The maximum Gasteiger partial charge on any atom is 0.229 e. The van der Waals surface area contributed by atoms with Crippen molar-refractivity contribution in [3.05, 3.63) is 54.5 Å². The number of phenols is 1. The normalized spacial score (nSPS) is 12.2. The molecule has 0 amide bonds. The monoisotopic (exact) mass is 351 g/mol. The summed E-state index contributed by atoms with van der Waals surface area (Å²) >= 11 is 0. The van der Waals surface area contributed by atoms with Crippen LogP contribution in [0.4, 0.5) is 33.2 Å². The highest BCUT2D eigenvalue weighted by Crippen LogP contribution is 2.33. The van der Waals surface area contributed by atoms with Crippen LogP contribution >= 0.6 is 0 Å². The van der Waals surface area contributed by atoms with Gasteiger partial charge in [0.15, 0.2) is 11.6 Å². The molecule has 130 valence electrons. The molecular formula is C18H14FN5O2. The molecule has 0 aliphatic carbocycles. The third-order valence-corrected chi connectivity index (χ3v) is 3.61. The van der Waals surface area contributed by atoms with Gasteiger partial charge in [0.2, 0.25) is 5.95 Å². The van der Waals surface area contributed by atoms with Crippen molar-refractivity contribution >= 4 is 35.0 Å². The van der Waals surface area contributed by atoms with Gasteiger partial charge in [0.05, 0.1) is 6.20 Å². The fourth-order valence-electron chi connectivity index (χ4n) is 2.44. The zero-order chi connectivity index (χ0) is 17.9. The molecule has 0 saturated carbocycles. The average molecular weight is 351 g/mol. The van der Waals surface area contributed by atoms with Gasteiger partial charge in [0.1, 0.15) is 23.8 Å². The summed E-state index contributed by atoms with van der Waals surface area (Å²) in [7, 11) is 0. The average Bonchev–Trinajstić information content (AvgIpc) is 2.64.